The zero-order valence-electron chi connectivity index (χ0n) is 15.4. The predicted octanol–water partition coefficient (Wildman–Crippen LogP) is 1.54. The Bertz CT molecular complexity index is 751. The van der Waals surface area contributed by atoms with Crippen LogP contribution in [-0.4, -0.2) is 72.1 Å². The molecule has 1 saturated heterocycles. The monoisotopic (exact) mass is 372 g/mol. The van der Waals surface area contributed by atoms with Crippen LogP contribution in [-0.2, 0) is 9.47 Å². The number of rotatable bonds is 8. The van der Waals surface area contributed by atoms with Gasteiger partial charge in [0.05, 0.1) is 37.3 Å². The SMILES string of the molecule is CCOC(=O)c1ccccc1Nc1nncc(NCCN2CCOCC2)n1. The number of para-hydroxylation sites is 1. The molecule has 9 heteroatoms. The summed E-state index contributed by atoms with van der Waals surface area (Å²) in [6, 6.07) is 7.06. The van der Waals surface area contributed by atoms with Crippen molar-refractivity contribution in [3.8, 4) is 0 Å². The zero-order chi connectivity index (χ0) is 18.9. The van der Waals surface area contributed by atoms with Crippen LogP contribution in [0.25, 0.3) is 0 Å². The highest BCUT2D eigenvalue weighted by Gasteiger charge is 2.13. The van der Waals surface area contributed by atoms with E-state index in [2.05, 4.69) is 30.7 Å². The Morgan fingerprint density at radius 1 is 1.30 bits per heavy atom. The van der Waals surface area contributed by atoms with Crippen LogP contribution in [0.5, 0.6) is 0 Å². The van der Waals surface area contributed by atoms with Gasteiger partial charge >= 0.3 is 5.97 Å². The first-order valence-electron chi connectivity index (χ1n) is 9.03. The van der Waals surface area contributed by atoms with Gasteiger partial charge in [0.25, 0.3) is 0 Å². The summed E-state index contributed by atoms with van der Waals surface area (Å²) in [5.41, 5.74) is 0.997. The third kappa shape index (κ3) is 5.60. The standard InChI is InChI=1S/C18H24N6O3/c1-2-27-17(25)14-5-3-4-6-15(14)21-18-22-16(13-20-23-18)19-7-8-24-9-11-26-12-10-24/h3-6,13H,2,7-12H2,1H3,(H2,19,21,22,23). The van der Waals surface area contributed by atoms with Gasteiger partial charge in [-0.15, -0.1) is 5.10 Å². The van der Waals surface area contributed by atoms with Crippen molar-refractivity contribution in [1.82, 2.24) is 20.1 Å². The van der Waals surface area contributed by atoms with Crippen LogP contribution in [0.3, 0.4) is 0 Å². The maximum atomic E-state index is 12.1. The van der Waals surface area contributed by atoms with Crippen molar-refractivity contribution in [2.24, 2.45) is 0 Å². The molecule has 1 aliphatic rings. The van der Waals surface area contributed by atoms with Crippen molar-refractivity contribution < 1.29 is 14.3 Å². The molecule has 0 spiro atoms. The molecule has 0 radical (unpaired) electrons. The van der Waals surface area contributed by atoms with E-state index in [0.717, 1.165) is 39.4 Å². The van der Waals surface area contributed by atoms with Crippen LogP contribution in [0, 0.1) is 0 Å². The summed E-state index contributed by atoms with van der Waals surface area (Å²) < 4.78 is 10.4. The van der Waals surface area contributed by atoms with Gasteiger partial charge in [-0.25, -0.2) is 4.79 Å². The van der Waals surface area contributed by atoms with Crippen LogP contribution >= 0.6 is 0 Å². The number of benzene rings is 1. The first kappa shape index (κ1) is 19.0. The Morgan fingerprint density at radius 3 is 2.93 bits per heavy atom. The van der Waals surface area contributed by atoms with E-state index in [1.807, 2.05) is 6.07 Å². The molecule has 9 nitrogen and oxygen atoms in total. The van der Waals surface area contributed by atoms with Crippen LogP contribution in [0.2, 0.25) is 0 Å². The van der Waals surface area contributed by atoms with E-state index in [0.29, 0.717) is 29.6 Å². The number of hydrogen-bond donors (Lipinski definition) is 2. The molecule has 144 valence electrons. The molecule has 0 aliphatic carbocycles. The Kier molecular flexibility index (Phi) is 6.89. The predicted molar refractivity (Wildman–Crippen MR) is 101 cm³/mol. The highest BCUT2D eigenvalue weighted by atomic mass is 16.5. The molecular weight excluding hydrogens is 348 g/mol. The van der Waals surface area contributed by atoms with Gasteiger partial charge in [0, 0.05) is 26.2 Å². The Balaban J connectivity index is 1.60. The number of anilines is 3. The third-order valence-electron chi connectivity index (χ3n) is 4.07. The lowest BCUT2D eigenvalue weighted by molar-refractivity contribution is 0.0398. The lowest BCUT2D eigenvalue weighted by Crippen LogP contribution is -2.39. The maximum absolute atomic E-state index is 12.1. The molecule has 0 saturated carbocycles. The topological polar surface area (TPSA) is 102 Å². The highest BCUT2D eigenvalue weighted by molar-refractivity contribution is 5.96. The summed E-state index contributed by atoms with van der Waals surface area (Å²) in [5.74, 6) is 0.533. The van der Waals surface area contributed by atoms with Gasteiger partial charge in [0.1, 0.15) is 0 Å². The van der Waals surface area contributed by atoms with Crippen molar-refractivity contribution in [2.45, 2.75) is 6.92 Å². The van der Waals surface area contributed by atoms with Crippen molar-refractivity contribution in [2.75, 3.05) is 56.6 Å². The lowest BCUT2D eigenvalue weighted by Gasteiger charge is -2.26. The second-order valence-electron chi connectivity index (χ2n) is 5.94. The second-order valence-corrected chi connectivity index (χ2v) is 5.94. The molecule has 1 aromatic heterocycles. The largest absolute Gasteiger partial charge is 0.462 e. The number of carbonyl (C=O) groups excluding carboxylic acids is 1. The summed E-state index contributed by atoms with van der Waals surface area (Å²) in [6.07, 6.45) is 1.57. The number of hydrogen-bond acceptors (Lipinski definition) is 9. The van der Waals surface area contributed by atoms with Crippen molar-refractivity contribution >= 4 is 23.4 Å². The molecule has 1 aromatic carbocycles. The number of nitrogens with one attached hydrogen (secondary N) is 2. The van der Waals surface area contributed by atoms with Crippen molar-refractivity contribution in [3.63, 3.8) is 0 Å². The van der Waals surface area contributed by atoms with Gasteiger partial charge in [-0.05, 0) is 19.1 Å². The van der Waals surface area contributed by atoms with E-state index in [1.54, 1.807) is 31.3 Å². The van der Waals surface area contributed by atoms with Gasteiger partial charge in [0.2, 0.25) is 5.95 Å². The average Bonchev–Trinajstić information content (AvgIpc) is 2.70. The van der Waals surface area contributed by atoms with Crippen molar-refractivity contribution in [3.05, 3.63) is 36.0 Å². The molecule has 2 heterocycles. The number of aromatic nitrogens is 3. The molecule has 1 aliphatic heterocycles. The Labute approximate surface area is 158 Å². The van der Waals surface area contributed by atoms with Gasteiger partial charge in [-0.1, -0.05) is 12.1 Å². The number of morpholine rings is 1. The van der Waals surface area contributed by atoms with E-state index in [-0.39, 0.29) is 0 Å². The minimum absolute atomic E-state index is 0.308. The molecule has 0 atom stereocenters. The minimum atomic E-state index is -0.395. The Hall–Kier alpha value is -2.78. The van der Waals surface area contributed by atoms with E-state index < -0.39 is 5.97 Å². The van der Waals surface area contributed by atoms with E-state index in [4.69, 9.17) is 9.47 Å². The molecule has 27 heavy (non-hydrogen) atoms. The van der Waals surface area contributed by atoms with Gasteiger partial charge < -0.3 is 20.1 Å². The zero-order valence-corrected chi connectivity index (χ0v) is 15.4. The number of carbonyl (C=O) groups is 1. The van der Waals surface area contributed by atoms with E-state index in [1.165, 1.54) is 0 Å². The summed E-state index contributed by atoms with van der Waals surface area (Å²) in [5, 5.41) is 14.2. The fourth-order valence-corrected chi connectivity index (χ4v) is 2.71. The van der Waals surface area contributed by atoms with Gasteiger partial charge in [-0.3, -0.25) is 4.90 Å². The van der Waals surface area contributed by atoms with E-state index in [9.17, 15) is 4.79 Å². The van der Waals surface area contributed by atoms with Crippen molar-refractivity contribution in [1.29, 1.82) is 0 Å². The quantitative estimate of drug-likeness (QED) is 0.668. The fourth-order valence-electron chi connectivity index (χ4n) is 2.71. The first-order valence-corrected chi connectivity index (χ1v) is 9.03. The first-order chi connectivity index (χ1) is 13.3. The lowest BCUT2D eigenvalue weighted by atomic mass is 10.2. The third-order valence-corrected chi connectivity index (χ3v) is 4.07. The summed E-state index contributed by atoms with van der Waals surface area (Å²) in [6.45, 7) is 7.19. The smallest absolute Gasteiger partial charge is 0.340 e. The molecule has 2 N–H and O–H groups in total. The normalized spacial score (nSPS) is 14.6. The molecule has 3 rings (SSSR count). The highest BCUT2D eigenvalue weighted by Crippen LogP contribution is 2.19. The summed E-state index contributed by atoms with van der Waals surface area (Å²) in [7, 11) is 0. The van der Waals surface area contributed by atoms with Crippen LogP contribution in [0.1, 0.15) is 17.3 Å². The molecule has 2 aromatic rings. The minimum Gasteiger partial charge on any atom is -0.462 e. The summed E-state index contributed by atoms with van der Waals surface area (Å²) in [4.78, 5) is 18.8. The fraction of sp³-hybridized carbons (Fsp3) is 0.444. The number of esters is 1. The molecular formula is C18H24N6O3. The van der Waals surface area contributed by atoms with E-state index >= 15 is 0 Å². The van der Waals surface area contributed by atoms with Crippen LogP contribution in [0.15, 0.2) is 30.5 Å². The van der Waals surface area contributed by atoms with Crippen LogP contribution < -0.4 is 10.6 Å². The number of nitrogens with zero attached hydrogens (tertiary/aromatic N) is 4. The average molecular weight is 372 g/mol. The molecule has 0 unspecified atom stereocenters. The molecule has 1 fully saturated rings. The molecule has 0 bridgehead atoms. The maximum Gasteiger partial charge on any atom is 0.340 e. The summed E-state index contributed by atoms with van der Waals surface area (Å²) >= 11 is 0. The van der Waals surface area contributed by atoms with Gasteiger partial charge in [0.15, 0.2) is 5.82 Å². The van der Waals surface area contributed by atoms with Gasteiger partial charge in [-0.2, -0.15) is 10.1 Å². The number of ether oxygens (including phenoxy) is 2. The van der Waals surface area contributed by atoms with Crippen LogP contribution in [0.4, 0.5) is 17.5 Å². The second kappa shape index (κ2) is 9.79. The Morgan fingerprint density at radius 2 is 2.11 bits per heavy atom. The molecule has 0 amide bonds.